The first-order chi connectivity index (χ1) is 7.54. The lowest BCUT2D eigenvalue weighted by Gasteiger charge is -2.10. The normalized spacial score (nSPS) is 10.4. The predicted molar refractivity (Wildman–Crippen MR) is 67.4 cm³/mol. The number of halogens is 2. The van der Waals surface area contributed by atoms with Crippen molar-refractivity contribution >= 4 is 38.1 Å². The lowest BCUT2D eigenvalue weighted by Crippen LogP contribution is -2.40. The monoisotopic (exact) mass is 352 g/mol. The highest BCUT2D eigenvalue weighted by molar-refractivity contribution is 9.10. The third-order valence-corrected chi connectivity index (χ3v) is 3.46. The van der Waals surface area contributed by atoms with Gasteiger partial charge in [-0.15, -0.1) is 0 Å². The Bertz CT molecular complexity index is 519. The van der Waals surface area contributed by atoms with Crippen molar-refractivity contribution in [2.75, 3.05) is 5.33 Å². The van der Waals surface area contributed by atoms with Crippen molar-refractivity contribution in [2.24, 2.45) is 7.05 Å². The van der Waals surface area contributed by atoms with Crippen molar-refractivity contribution in [3.05, 3.63) is 31.0 Å². The molecular formula is C9H10Br2N2O3. The second-order valence-corrected chi connectivity index (χ2v) is 4.74. The highest BCUT2D eigenvalue weighted by Crippen LogP contribution is 2.08. The molecule has 1 heterocycles. The van der Waals surface area contributed by atoms with Crippen molar-refractivity contribution in [3.63, 3.8) is 0 Å². The lowest BCUT2D eigenvalue weighted by atomic mass is 10.4. The van der Waals surface area contributed by atoms with Gasteiger partial charge in [-0.1, -0.05) is 15.9 Å². The van der Waals surface area contributed by atoms with Crippen molar-refractivity contribution in [3.8, 4) is 0 Å². The first kappa shape index (κ1) is 13.4. The molecule has 0 aliphatic carbocycles. The van der Waals surface area contributed by atoms with E-state index >= 15 is 0 Å². The van der Waals surface area contributed by atoms with Crippen LogP contribution in [0.4, 0.5) is 0 Å². The van der Waals surface area contributed by atoms with Gasteiger partial charge in [0.2, 0.25) is 0 Å². The highest BCUT2D eigenvalue weighted by atomic mass is 79.9. The first-order valence-electron chi connectivity index (χ1n) is 4.55. The van der Waals surface area contributed by atoms with E-state index in [4.69, 9.17) is 0 Å². The van der Waals surface area contributed by atoms with Crippen LogP contribution in [-0.4, -0.2) is 20.8 Å². The number of carbonyl (C=O) groups is 1. The zero-order chi connectivity index (χ0) is 12.3. The van der Waals surface area contributed by atoms with E-state index in [1.807, 2.05) is 0 Å². The van der Waals surface area contributed by atoms with Crippen LogP contribution in [0.15, 0.2) is 14.1 Å². The summed E-state index contributed by atoms with van der Waals surface area (Å²) in [6, 6.07) is 0. The molecule has 0 bridgehead atoms. The van der Waals surface area contributed by atoms with Crippen LogP contribution in [0, 0.1) is 0 Å². The Hall–Kier alpha value is -0.690. The quantitative estimate of drug-likeness (QED) is 0.597. The number of hydrogen-bond donors (Lipinski definition) is 0. The maximum Gasteiger partial charge on any atom is 0.331 e. The molecule has 88 valence electrons. The number of aldehydes is 1. The van der Waals surface area contributed by atoms with Gasteiger partial charge in [0.1, 0.15) is 10.2 Å². The summed E-state index contributed by atoms with van der Waals surface area (Å²) < 4.78 is 2.39. The maximum absolute atomic E-state index is 11.8. The minimum absolute atomic E-state index is 0.0917. The summed E-state index contributed by atoms with van der Waals surface area (Å²) in [4.78, 5) is 34.2. The summed E-state index contributed by atoms with van der Waals surface area (Å²) in [5, 5.41) is 0.720. The first-order valence-corrected chi connectivity index (χ1v) is 6.46. The highest BCUT2D eigenvalue weighted by Gasteiger charge is 2.14. The number of rotatable bonds is 4. The molecule has 0 fully saturated rings. The fourth-order valence-corrected chi connectivity index (χ4v) is 2.12. The topological polar surface area (TPSA) is 61.1 Å². The molecule has 0 unspecified atom stereocenters. The molecule has 0 radical (unpaired) electrons. The molecule has 1 aromatic heterocycles. The van der Waals surface area contributed by atoms with Gasteiger partial charge in [0, 0.05) is 18.9 Å². The van der Waals surface area contributed by atoms with Gasteiger partial charge in [-0.3, -0.25) is 18.7 Å². The smallest absolute Gasteiger partial charge is 0.296 e. The van der Waals surface area contributed by atoms with Crippen molar-refractivity contribution in [1.29, 1.82) is 0 Å². The van der Waals surface area contributed by atoms with Crippen molar-refractivity contribution in [1.82, 2.24) is 9.13 Å². The third kappa shape index (κ3) is 2.35. The third-order valence-electron chi connectivity index (χ3n) is 2.15. The van der Waals surface area contributed by atoms with Crippen LogP contribution >= 0.6 is 31.9 Å². The standard InChI is InChI=1S/C9H10Br2N2O3/c1-12-8(15)7(11)6(5-14)13(9(12)16)4-2-3-10/h5H,2-4H2,1H3. The summed E-state index contributed by atoms with van der Waals surface area (Å²) in [6.45, 7) is 0.394. The predicted octanol–water partition coefficient (Wildman–Crippen LogP) is 0.907. The zero-order valence-corrected chi connectivity index (χ0v) is 11.7. The summed E-state index contributed by atoms with van der Waals surface area (Å²) >= 11 is 6.28. The van der Waals surface area contributed by atoms with E-state index in [2.05, 4.69) is 31.9 Å². The van der Waals surface area contributed by atoms with E-state index < -0.39 is 11.2 Å². The largest absolute Gasteiger partial charge is 0.331 e. The number of carbonyl (C=O) groups excluding carboxylic acids is 1. The van der Waals surface area contributed by atoms with Gasteiger partial charge in [-0.05, 0) is 22.4 Å². The maximum atomic E-state index is 11.8. The number of nitrogens with zero attached hydrogens (tertiary/aromatic N) is 2. The summed E-state index contributed by atoms with van der Waals surface area (Å²) in [5.41, 5.74) is -0.882. The molecule has 0 saturated carbocycles. The summed E-state index contributed by atoms with van der Waals surface area (Å²) in [7, 11) is 1.38. The van der Waals surface area contributed by atoms with Gasteiger partial charge in [0.25, 0.3) is 5.56 Å². The Kier molecular flexibility index (Phi) is 4.67. The average Bonchev–Trinajstić information content (AvgIpc) is 2.29. The molecule has 1 rings (SSSR count). The van der Waals surface area contributed by atoms with E-state index in [9.17, 15) is 14.4 Å². The van der Waals surface area contributed by atoms with Gasteiger partial charge < -0.3 is 0 Å². The van der Waals surface area contributed by atoms with Crippen molar-refractivity contribution in [2.45, 2.75) is 13.0 Å². The molecule has 16 heavy (non-hydrogen) atoms. The second-order valence-electron chi connectivity index (χ2n) is 3.16. The second kappa shape index (κ2) is 5.58. The minimum atomic E-state index is -0.498. The molecule has 0 atom stereocenters. The van der Waals surface area contributed by atoms with E-state index in [1.54, 1.807) is 0 Å². The molecule has 5 nitrogen and oxygen atoms in total. The number of hydrogen-bond acceptors (Lipinski definition) is 3. The average molecular weight is 354 g/mol. The van der Waals surface area contributed by atoms with Gasteiger partial charge in [-0.25, -0.2) is 4.79 Å². The Morgan fingerprint density at radius 1 is 1.38 bits per heavy atom. The summed E-state index contributed by atoms with van der Waals surface area (Å²) in [5.74, 6) is 0. The molecule has 0 aliphatic rings. The van der Waals surface area contributed by atoms with Crippen LogP contribution in [0.5, 0.6) is 0 Å². The van der Waals surface area contributed by atoms with Crippen LogP contribution in [0.3, 0.4) is 0 Å². The van der Waals surface area contributed by atoms with Crippen LogP contribution in [0.1, 0.15) is 16.9 Å². The van der Waals surface area contributed by atoms with E-state index in [-0.39, 0.29) is 10.2 Å². The number of alkyl halides is 1. The fraction of sp³-hybridized carbons (Fsp3) is 0.444. The van der Waals surface area contributed by atoms with Gasteiger partial charge in [-0.2, -0.15) is 0 Å². The molecule has 0 saturated heterocycles. The zero-order valence-electron chi connectivity index (χ0n) is 8.57. The molecule has 0 spiro atoms. The molecule has 0 N–H and O–H groups in total. The van der Waals surface area contributed by atoms with Crippen LogP contribution < -0.4 is 11.2 Å². The fourth-order valence-electron chi connectivity index (χ4n) is 1.30. The van der Waals surface area contributed by atoms with E-state index in [0.717, 1.165) is 9.90 Å². The van der Waals surface area contributed by atoms with Crippen LogP contribution in [0.2, 0.25) is 0 Å². The van der Waals surface area contributed by atoms with Gasteiger partial charge >= 0.3 is 5.69 Å². The molecule has 7 heteroatoms. The Morgan fingerprint density at radius 3 is 2.50 bits per heavy atom. The van der Waals surface area contributed by atoms with E-state index in [0.29, 0.717) is 19.3 Å². The molecule has 0 amide bonds. The minimum Gasteiger partial charge on any atom is -0.296 e. The molecular weight excluding hydrogens is 344 g/mol. The molecule has 0 aliphatic heterocycles. The van der Waals surface area contributed by atoms with Gasteiger partial charge in [0.15, 0.2) is 6.29 Å². The SMILES string of the molecule is Cn1c(=O)c(Br)c(C=O)n(CCCBr)c1=O. The molecule has 0 aromatic carbocycles. The Morgan fingerprint density at radius 2 is 2.00 bits per heavy atom. The Labute approximate surface area is 108 Å². The Balaban J connectivity index is 3.51. The van der Waals surface area contributed by atoms with Crippen molar-refractivity contribution < 1.29 is 4.79 Å². The van der Waals surface area contributed by atoms with Crippen LogP contribution in [-0.2, 0) is 13.6 Å². The van der Waals surface area contributed by atoms with Gasteiger partial charge in [0.05, 0.1) is 0 Å². The summed E-state index contributed by atoms with van der Waals surface area (Å²) in [6.07, 6.45) is 1.21. The molecule has 1 aromatic rings. The number of aromatic nitrogens is 2. The lowest BCUT2D eigenvalue weighted by molar-refractivity contribution is 0.111. The van der Waals surface area contributed by atoms with Crippen LogP contribution in [0.25, 0.3) is 0 Å². The van der Waals surface area contributed by atoms with E-state index in [1.165, 1.54) is 11.6 Å².